The molecule has 1 aliphatic rings. The fraction of sp³-hybridized carbons (Fsp3) is 0.238. The zero-order valence-corrected chi connectivity index (χ0v) is 16.3. The SMILES string of the molecule is CCN(Cc1ccc2c(c1)OCO2)C(=O)COC(=O)/C=C/c1ccccc1[N+](=O)[O-]. The van der Waals surface area contributed by atoms with Gasteiger partial charge in [0.1, 0.15) is 0 Å². The molecule has 9 nitrogen and oxygen atoms in total. The van der Waals surface area contributed by atoms with Gasteiger partial charge in [-0.2, -0.15) is 0 Å². The van der Waals surface area contributed by atoms with Gasteiger partial charge < -0.3 is 19.1 Å². The van der Waals surface area contributed by atoms with Crippen molar-refractivity contribution in [3.05, 3.63) is 69.8 Å². The number of esters is 1. The van der Waals surface area contributed by atoms with Crippen LogP contribution in [0.4, 0.5) is 5.69 Å². The van der Waals surface area contributed by atoms with Gasteiger partial charge in [0.05, 0.1) is 10.5 Å². The van der Waals surface area contributed by atoms with Gasteiger partial charge in [-0.3, -0.25) is 14.9 Å². The van der Waals surface area contributed by atoms with Crippen molar-refractivity contribution < 1.29 is 28.7 Å². The molecule has 0 radical (unpaired) electrons. The highest BCUT2D eigenvalue weighted by molar-refractivity contribution is 5.90. The molecule has 0 saturated carbocycles. The van der Waals surface area contributed by atoms with Crippen LogP contribution in [0.15, 0.2) is 48.5 Å². The summed E-state index contributed by atoms with van der Waals surface area (Å²) >= 11 is 0. The average molecular weight is 412 g/mol. The Bertz CT molecular complexity index is 987. The number of hydrogen-bond donors (Lipinski definition) is 0. The van der Waals surface area contributed by atoms with Crippen molar-refractivity contribution in [2.75, 3.05) is 19.9 Å². The third kappa shape index (κ3) is 5.13. The van der Waals surface area contributed by atoms with E-state index in [-0.39, 0.29) is 24.0 Å². The van der Waals surface area contributed by atoms with Crippen molar-refractivity contribution in [1.82, 2.24) is 4.90 Å². The molecule has 1 heterocycles. The molecular formula is C21H20N2O7. The molecule has 3 rings (SSSR count). The van der Waals surface area contributed by atoms with Gasteiger partial charge in [0.15, 0.2) is 18.1 Å². The number of carbonyl (C=O) groups is 2. The van der Waals surface area contributed by atoms with E-state index >= 15 is 0 Å². The molecule has 1 aliphatic heterocycles. The summed E-state index contributed by atoms with van der Waals surface area (Å²) in [5, 5.41) is 11.0. The largest absolute Gasteiger partial charge is 0.454 e. The Morgan fingerprint density at radius 3 is 2.73 bits per heavy atom. The first kappa shape index (κ1) is 20.8. The fourth-order valence-electron chi connectivity index (χ4n) is 2.86. The third-order valence-corrected chi connectivity index (χ3v) is 4.42. The standard InChI is InChI=1S/C21H20N2O7/c1-2-22(12-15-7-9-18-19(11-15)30-14-29-18)20(24)13-28-21(25)10-8-16-5-3-4-6-17(16)23(26)27/h3-11H,2,12-14H2,1H3/b10-8+. The molecule has 0 spiro atoms. The van der Waals surface area contributed by atoms with Gasteiger partial charge in [0.25, 0.3) is 11.6 Å². The van der Waals surface area contributed by atoms with Crippen molar-refractivity contribution in [3.8, 4) is 11.5 Å². The first-order valence-corrected chi connectivity index (χ1v) is 9.22. The van der Waals surface area contributed by atoms with E-state index in [1.54, 1.807) is 18.2 Å². The van der Waals surface area contributed by atoms with Gasteiger partial charge in [-0.05, 0) is 36.8 Å². The number of nitrogens with zero attached hydrogens (tertiary/aromatic N) is 2. The predicted octanol–water partition coefficient (Wildman–Crippen LogP) is 2.93. The summed E-state index contributed by atoms with van der Waals surface area (Å²) in [7, 11) is 0. The van der Waals surface area contributed by atoms with Gasteiger partial charge in [0, 0.05) is 25.2 Å². The summed E-state index contributed by atoms with van der Waals surface area (Å²) in [6.45, 7) is 2.32. The Labute approximate surface area is 172 Å². The lowest BCUT2D eigenvalue weighted by Crippen LogP contribution is -2.33. The second kappa shape index (κ2) is 9.55. The highest BCUT2D eigenvalue weighted by atomic mass is 16.7. The highest BCUT2D eigenvalue weighted by Crippen LogP contribution is 2.32. The number of fused-ring (bicyclic) bond motifs is 1. The molecule has 0 N–H and O–H groups in total. The number of rotatable bonds is 8. The second-order valence-electron chi connectivity index (χ2n) is 6.35. The van der Waals surface area contributed by atoms with Crippen LogP contribution < -0.4 is 9.47 Å². The quantitative estimate of drug-likeness (QED) is 0.284. The Morgan fingerprint density at radius 2 is 1.97 bits per heavy atom. The number of hydrogen-bond acceptors (Lipinski definition) is 7. The van der Waals surface area contributed by atoms with Crippen molar-refractivity contribution in [3.63, 3.8) is 0 Å². The van der Waals surface area contributed by atoms with E-state index < -0.39 is 17.5 Å². The first-order chi connectivity index (χ1) is 14.5. The maximum atomic E-state index is 12.4. The molecule has 0 fully saturated rings. The minimum atomic E-state index is -0.763. The number of nitro benzene ring substituents is 1. The molecular weight excluding hydrogens is 392 g/mol. The highest BCUT2D eigenvalue weighted by Gasteiger charge is 2.18. The maximum absolute atomic E-state index is 12.4. The lowest BCUT2D eigenvalue weighted by molar-refractivity contribution is -0.385. The van der Waals surface area contributed by atoms with Gasteiger partial charge in [-0.15, -0.1) is 0 Å². The van der Waals surface area contributed by atoms with E-state index in [1.165, 1.54) is 29.2 Å². The van der Waals surface area contributed by atoms with E-state index in [4.69, 9.17) is 14.2 Å². The number of nitro groups is 1. The molecule has 0 saturated heterocycles. The van der Waals surface area contributed by atoms with Crippen molar-refractivity contribution in [2.24, 2.45) is 0 Å². The number of likely N-dealkylation sites (N-methyl/N-ethyl adjacent to an activating group) is 1. The van der Waals surface area contributed by atoms with Gasteiger partial charge in [-0.25, -0.2) is 4.79 Å². The molecule has 0 atom stereocenters. The van der Waals surface area contributed by atoms with Crippen LogP contribution in [0.25, 0.3) is 6.08 Å². The summed E-state index contributed by atoms with van der Waals surface area (Å²) in [4.78, 5) is 36.3. The van der Waals surface area contributed by atoms with Crippen LogP contribution in [0.5, 0.6) is 11.5 Å². The molecule has 0 bridgehead atoms. The van der Waals surface area contributed by atoms with E-state index in [9.17, 15) is 19.7 Å². The summed E-state index contributed by atoms with van der Waals surface area (Å²) < 4.78 is 15.6. The minimum absolute atomic E-state index is 0.126. The van der Waals surface area contributed by atoms with E-state index in [0.717, 1.165) is 11.6 Å². The summed E-state index contributed by atoms with van der Waals surface area (Å²) in [6.07, 6.45) is 2.35. The number of ether oxygens (including phenoxy) is 3. The summed E-state index contributed by atoms with van der Waals surface area (Å²) in [5.41, 5.74) is 0.999. The molecule has 0 aliphatic carbocycles. The van der Waals surface area contributed by atoms with Crippen LogP contribution in [0, 0.1) is 10.1 Å². The maximum Gasteiger partial charge on any atom is 0.331 e. The van der Waals surface area contributed by atoms with E-state index in [0.29, 0.717) is 24.6 Å². The van der Waals surface area contributed by atoms with Crippen LogP contribution in [-0.4, -0.2) is 41.6 Å². The number of carbonyl (C=O) groups excluding carboxylic acids is 2. The van der Waals surface area contributed by atoms with Gasteiger partial charge >= 0.3 is 5.97 Å². The second-order valence-corrected chi connectivity index (χ2v) is 6.35. The fourth-order valence-corrected chi connectivity index (χ4v) is 2.86. The number of amides is 1. The Kier molecular flexibility index (Phi) is 6.63. The molecule has 0 unspecified atom stereocenters. The molecule has 9 heteroatoms. The van der Waals surface area contributed by atoms with Crippen LogP contribution in [0.1, 0.15) is 18.1 Å². The average Bonchev–Trinajstić information content (AvgIpc) is 3.22. The van der Waals surface area contributed by atoms with Gasteiger partial charge in [-0.1, -0.05) is 18.2 Å². The molecule has 0 aromatic heterocycles. The Hall–Kier alpha value is -3.88. The topological polar surface area (TPSA) is 108 Å². The zero-order chi connectivity index (χ0) is 21.5. The van der Waals surface area contributed by atoms with Gasteiger partial charge in [0.2, 0.25) is 6.79 Å². The normalized spacial score (nSPS) is 12.0. The molecule has 2 aromatic carbocycles. The molecule has 30 heavy (non-hydrogen) atoms. The smallest absolute Gasteiger partial charge is 0.331 e. The minimum Gasteiger partial charge on any atom is -0.454 e. The zero-order valence-electron chi connectivity index (χ0n) is 16.3. The number of para-hydroxylation sites is 1. The monoisotopic (exact) mass is 412 g/mol. The van der Waals surface area contributed by atoms with E-state index in [1.807, 2.05) is 13.0 Å². The van der Waals surface area contributed by atoms with Crippen LogP contribution in [-0.2, 0) is 20.9 Å². The van der Waals surface area contributed by atoms with Crippen LogP contribution in [0.2, 0.25) is 0 Å². The molecule has 1 amide bonds. The van der Waals surface area contributed by atoms with Crippen LogP contribution in [0.3, 0.4) is 0 Å². The van der Waals surface area contributed by atoms with Crippen molar-refractivity contribution in [2.45, 2.75) is 13.5 Å². The van der Waals surface area contributed by atoms with E-state index in [2.05, 4.69) is 0 Å². The molecule has 2 aromatic rings. The first-order valence-electron chi connectivity index (χ1n) is 9.22. The Morgan fingerprint density at radius 1 is 1.20 bits per heavy atom. The molecule has 156 valence electrons. The summed E-state index contributed by atoms with van der Waals surface area (Å²) in [5.74, 6) is 0.165. The van der Waals surface area contributed by atoms with Crippen molar-refractivity contribution in [1.29, 1.82) is 0 Å². The summed E-state index contributed by atoms with van der Waals surface area (Å²) in [6, 6.07) is 11.4. The lowest BCUT2D eigenvalue weighted by atomic mass is 10.1. The lowest BCUT2D eigenvalue weighted by Gasteiger charge is -2.20. The third-order valence-electron chi connectivity index (χ3n) is 4.42. The number of benzene rings is 2. The predicted molar refractivity (Wildman–Crippen MR) is 107 cm³/mol. The van der Waals surface area contributed by atoms with Crippen molar-refractivity contribution >= 4 is 23.6 Å². The van der Waals surface area contributed by atoms with Crippen LogP contribution >= 0.6 is 0 Å². The Balaban J connectivity index is 1.54.